The van der Waals surface area contributed by atoms with Crippen LogP contribution in [0.2, 0.25) is 0 Å². The van der Waals surface area contributed by atoms with Crippen LogP contribution in [0.4, 0.5) is 0 Å². The number of aromatic nitrogens is 1. The summed E-state index contributed by atoms with van der Waals surface area (Å²) in [6, 6.07) is 7.28. The number of fused-ring (bicyclic) bond motifs is 1. The van der Waals surface area contributed by atoms with Crippen molar-refractivity contribution in [3.63, 3.8) is 0 Å². The van der Waals surface area contributed by atoms with Crippen molar-refractivity contribution in [3.05, 3.63) is 24.3 Å². The van der Waals surface area contributed by atoms with Gasteiger partial charge in [0, 0.05) is 12.2 Å². The highest BCUT2D eigenvalue weighted by molar-refractivity contribution is 7.99. The van der Waals surface area contributed by atoms with Gasteiger partial charge in [-0.25, -0.2) is 4.98 Å². The molecule has 0 amide bonds. The number of oxazole rings is 1. The van der Waals surface area contributed by atoms with E-state index in [1.807, 2.05) is 18.2 Å². The van der Waals surface area contributed by atoms with Gasteiger partial charge < -0.3 is 23.4 Å². The van der Waals surface area contributed by atoms with Crippen LogP contribution in [0.5, 0.6) is 0 Å². The third-order valence-corrected chi connectivity index (χ3v) is 6.34. The van der Waals surface area contributed by atoms with Crippen molar-refractivity contribution in [2.24, 2.45) is 17.8 Å². The maximum atomic E-state index is 12.5. The molecule has 1 aromatic carbocycles. The van der Waals surface area contributed by atoms with Crippen molar-refractivity contribution in [2.75, 3.05) is 34.2 Å². The Hall–Kier alpha value is -3.08. The molecule has 0 aliphatic rings. The van der Waals surface area contributed by atoms with Crippen LogP contribution in [-0.2, 0) is 38.1 Å². The Labute approximate surface area is 201 Å². The molecule has 10 nitrogen and oxygen atoms in total. The van der Waals surface area contributed by atoms with Crippen LogP contribution in [-0.4, -0.2) is 63.1 Å². The predicted octanol–water partition coefficient (Wildman–Crippen LogP) is 3.02. The van der Waals surface area contributed by atoms with E-state index < -0.39 is 41.6 Å². The summed E-state index contributed by atoms with van der Waals surface area (Å²) in [4.78, 5) is 53.2. The highest BCUT2D eigenvalue weighted by atomic mass is 32.2. The first-order valence-electron chi connectivity index (χ1n) is 10.6. The number of carbonyl (C=O) groups is 4. The van der Waals surface area contributed by atoms with E-state index in [1.54, 1.807) is 6.07 Å². The van der Waals surface area contributed by atoms with Crippen LogP contribution in [0.1, 0.15) is 25.7 Å². The molecule has 0 N–H and O–H groups in total. The molecule has 0 radical (unpaired) electrons. The lowest BCUT2D eigenvalue weighted by Crippen LogP contribution is -2.30. The Morgan fingerprint density at radius 1 is 0.853 bits per heavy atom. The average Bonchev–Trinajstić information content (AvgIpc) is 3.28. The summed E-state index contributed by atoms with van der Waals surface area (Å²) in [7, 11) is 4.98. The molecular formula is C23H29NO9S. The van der Waals surface area contributed by atoms with Crippen LogP contribution in [0.15, 0.2) is 33.9 Å². The summed E-state index contributed by atoms with van der Waals surface area (Å²) in [6.45, 7) is 0. The normalized spacial score (nSPS) is 13.5. The first-order valence-corrected chi connectivity index (χ1v) is 11.6. The van der Waals surface area contributed by atoms with E-state index in [2.05, 4.69) is 9.72 Å². The van der Waals surface area contributed by atoms with Gasteiger partial charge in [-0.2, -0.15) is 0 Å². The second kappa shape index (κ2) is 13.6. The molecular weight excluding hydrogens is 466 g/mol. The Morgan fingerprint density at radius 3 is 2.06 bits per heavy atom. The molecule has 186 valence electrons. The smallest absolute Gasteiger partial charge is 0.309 e. The van der Waals surface area contributed by atoms with Gasteiger partial charge in [0.15, 0.2) is 5.58 Å². The summed E-state index contributed by atoms with van der Waals surface area (Å²) in [5.41, 5.74) is 1.32. The molecule has 1 heterocycles. The lowest BCUT2D eigenvalue weighted by molar-refractivity contribution is -0.151. The molecule has 0 aliphatic heterocycles. The Bertz CT molecular complexity index is 957. The van der Waals surface area contributed by atoms with Gasteiger partial charge in [-0.1, -0.05) is 23.9 Å². The van der Waals surface area contributed by atoms with Crippen molar-refractivity contribution in [3.8, 4) is 0 Å². The zero-order valence-electron chi connectivity index (χ0n) is 19.6. The molecule has 0 aliphatic carbocycles. The summed E-state index contributed by atoms with van der Waals surface area (Å²) in [5, 5.41) is 0.384. The SMILES string of the molecule is COC(=O)CCC(CC(CC(CSc1nc2ccccc2o1)C(=O)OC)C(=O)OC)C(=O)OC. The Balaban J connectivity index is 2.15. The molecule has 3 atom stereocenters. The number of methoxy groups -OCH3 is 4. The average molecular weight is 496 g/mol. The number of ether oxygens (including phenoxy) is 4. The number of carbonyl (C=O) groups excluding carboxylic acids is 4. The van der Waals surface area contributed by atoms with Crippen molar-refractivity contribution in [1.29, 1.82) is 0 Å². The Morgan fingerprint density at radius 2 is 1.44 bits per heavy atom. The lowest BCUT2D eigenvalue weighted by atomic mass is 9.85. The molecule has 1 aromatic heterocycles. The minimum Gasteiger partial charge on any atom is -0.469 e. The fourth-order valence-electron chi connectivity index (χ4n) is 3.52. The lowest BCUT2D eigenvalue weighted by Gasteiger charge is -2.23. The van der Waals surface area contributed by atoms with Crippen molar-refractivity contribution in [1.82, 2.24) is 4.98 Å². The zero-order chi connectivity index (χ0) is 25.1. The predicted molar refractivity (Wildman–Crippen MR) is 122 cm³/mol. The van der Waals surface area contributed by atoms with Crippen molar-refractivity contribution in [2.45, 2.75) is 30.9 Å². The molecule has 2 rings (SSSR count). The summed E-state index contributed by atoms with van der Waals surface area (Å²) >= 11 is 1.22. The van der Waals surface area contributed by atoms with Gasteiger partial charge in [0.1, 0.15) is 5.52 Å². The standard InChI is InChI=1S/C23H29NO9S/c1-29-19(25)10-9-14(20(26)30-2)11-15(21(27)31-3)12-16(22(28)32-4)13-34-23-24-17-7-5-6-8-18(17)33-23/h5-8,14-16H,9-13H2,1-4H3. The first kappa shape index (κ1) is 27.2. The van der Waals surface area contributed by atoms with E-state index in [-0.39, 0.29) is 31.4 Å². The maximum absolute atomic E-state index is 12.5. The van der Waals surface area contributed by atoms with Crippen molar-refractivity contribution < 1.29 is 42.5 Å². The molecule has 0 spiro atoms. The van der Waals surface area contributed by atoms with Gasteiger partial charge >= 0.3 is 23.9 Å². The number of para-hydroxylation sites is 2. The molecule has 3 unspecified atom stereocenters. The number of esters is 4. The second-order valence-electron chi connectivity index (χ2n) is 7.50. The van der Waals surface area contributed by atoms with Crippen LogP contribution in [0, 0.1) is 17.8 Å². The molecule has 0 fully saturated rings. The van der Waals surface area contributed by atoms with Gasteiger partial charge in [0.05, 0.1) is 46.2 Å². The number of hydrogen-bond acceptors (Lipinski definition) is 11. The minimum atomic E-state index is -0.805. The van der Waals surface area contributed by atoms with Gasteiger partial charge in [0.25, 0.3) is 5.22 Å². The molecule has 0 bridgehead atoms. The van der Waals surface area contributed by atoms with E-state index in [0.29, 0.717) is 16.3 Å². The van der Waals surface area contributed by atoms with E-state index in [0.717, 1.165) is 0 Å². The second-order valence-corrected chi connectivity index (χ2v) is 8.48. The van der Waals surface area contributed by atoms with Crippen LogP contribution >= 0.6 is 11.8 Å². The highest BCUT2D eigenvalue weighted by Gasteiger charge is 2.34. The van der Waals surface area contributed by atoms with E-state index in [1.165, 1.54) is 40.2 Å². The summed E-state index contributed by atoms with van der Waals surface area (Å²) in [6.07, 6.45) is 0.223. The third-order valence-electron chi connectivity index (χ3n) is 5.35. The van der Waals surface area contributed by atoms with Crippen LogP contribution < -0.4 is 0 Å². The third kappa shape index (κ3) is 7.75. The fourth-order valence-corrected chi connectivity index (χ4v) is 4.45. The number of benzene rings is 1. The largest absolute Gasteiger partial charge is 0.469 e. The summed E-state index contributed by atoms with van der Waals surface area (Å²) < 4.78 is 25.0. The van der Waals surface area contributed by atoms with Gasteiger partial charge in [-0.05, 0) is 31.4 Å². The monoisotopic (exact) mass is 495 g/mol. The quantitative estimate of drug-likeness (QED) is 0.231. The number of rotatable bonds is 13. The first-order chi connectivity index (χ1) is 16.3. The van der Waals surface area contributed by atoms with Gasteiger partial charge in [0.2, 0.25) is 0 Å². The highest BCUT2D eigenvalue weighted by Crippen LogP contribution is 2.31. The number of thioether (sulfide) groups is 1. The number of hydrogen-bond donors (Lipinski definition) is 0. The van der Waals surface area contributed by atoms with Crippen LogP contribution in [0.25, 0.3) is 11.1 Å². The van der Waals surface area contributed by atoms with Crippen LogP contribution in [0.3, 0.4) is 0 Å². The molecule has 0 saturated carbocycles. The maximum Gasteiger partial charge on any atom is 0.309 e. The van der Waals surface area contributed by atoms with E-state index in [9.17, 15) is 19.2 Å². The van der Waals surface area contributed by atoms with Crippen molar-refractivity contribution >= 4 is 46.7 Å². The fraction of sp³-hybridized carbons (Fsp3) is 0.522. The molecule has 2 aromatic rings. The Kier molecular flexibility index (Phi) is 10.9. The number of nitrogens with zero attached hydrogens (tertiary/aromatic N) is 1. The summed E-state index contributed by atoms with van der Waals surface area (Å²) in [5.74, 6) is -4.16. The van der Waals surface area contributed by atoms with Gasteiger partial charge in [-0.15, -0.1) is 0 Å². The molecule has 11 heteroatoms. The topological polar surface area (TPSA) is 131 Å². The van der Waals surface area contributed by atoms with E-state index in [4.69, 9.17) is 18.6 Å². The zero-order valence-corrected chi connectivity index (χ0v) is 20.4. The molecule has 34 heavy (non-hydrogen) atoms. The van der Waals surface area contributed by atoms with E-state index >= 15 is 0 Å². The van der Waals surface area contributed by atoms with Gasteiger partial charge in [-0.3, -0.25) is 19.2 Å². The minimum absolute atomic E-state index is 0.0157. The molecule has 0 saturated heterocycles.